The smallest absolute Gasteiger partial charge is 0.414 e. The fourth-order valence-corrected chi connectivity index (χ4v) is 4.48. The van der Waals surface area contributed by atoms with Gasteiger partial charge < -0.3 is 20.3 Å². The molecular weight excluding hydrogens is 464 g/mol. The molecule has 10 nitrogen and oxygen atoms in total. The fourth-order valence-electron chi connectivity index (χ4n) is 4.48. The number of anilines is 1. The van der Waals surface area contributed by atoms with Gasteiger partial charge in [0.25, 0.3) is 0 Å². The SMILES string of the molecule is CCC[N+](CCC)(CC(=O)O)C(=O)c1cccc(OCC2CN(c3ccc(C(=N)N)cc3)C(=O)O2)c1. The van der Waals surface area contributed by atoms with Crippen molar-refractivity contribution in [1.82, 2.24) is 0 Å². The third kappa shape index (κ3) is 6.19. The van der Waals surface area contributed by atoms with Crippen LogP contribution >= 0.6 is 0 Å². The lowest BCUT2D eigenvalue weighted by Crippen LogP contribution is -2.56. The highest BCUT2D eigenvalue weighted by atomic mass is 16.6. The van der Waals surface area contributed by atoms with E-state index < -0.39 is 18.2 Å². The van der Waals surface area contributed by atoms with E-state index in [1.165, 1.54) is 4.90 Å². The van der Waals surface area contributed by atoms with Crippen molar-refractivity contribution in [3.05, 3.63) is 59.7 Å². The van der Waals surface area contributed by atoms with Crippen LogP contribution in [-0.2, 0) is 9.53 Å². The number of ether oxygens (including phenoxy) is 2. The molecule has 0 spiro atoms. The standard InChI is InChI=1S/C26H32N4O6/c1-3-12-30(13-4-2,16-23(31)32)25(33)19-6-5-7-21(14-19)35-17-22-15-29(26(34)36-22)20-10-8-18(9-11-20)24(27)28/h5-11,14,22H,3-4,12-13,15-17H2,1-2H3,(H3-,27,28,31,32)/p+1. The summed E-state index contributed by atoms with van der Waals surface area (Å²) in [5, 5.41) is 16.9. The number of nitrogens with zero attached hydrogens (tertiary/aromatic N) is 2. The van der Waals surface area contributed by atoms with Gasteiger partial charge >= 0.3 is 18.0 Å². The number of nitrogens with two attached hydrogens (primary N) is 1. The summed E-state index contributed by atoms with van der Waals surface area (Å²) in [7, 11) is 0. The van der Waals surface area contributed by atoms with Crippen LogP contribution in [0.4, 0.5) is 10.5 Å². The second-order valence-electron chi connectivity index (χ2n) is 8.87. The van der Waals surface area contributed by atoms with E-state index in [1.54, 1.807) is 48.5 Å². The summed E-state index contributed by atoms with van der Waals surface area (Å²) in [6.45, 7) is 4.83. The van der Waals surface area contributed by atoms with E-state index in [0.29, 0.717) is 48.5 Å². The van der Waals surface area contributed by atoms with Crippen LogP contribution in [0.1, 0.15) is 42.6 Å². The van der Waals surface area contributed by atoms with E-state index in [-0.39, 0.29) is 35.9 Å². The number of nitrogens with one attached hydrogen (secondary N) is 1. The third-order valence-electron chi connectivity index (χ3n) is 6.05. The Balaban J connectivity index is 1.68. The number of benzene rings is 2. The molecule has 2 aromatic carbocycles. The van der Waals surface area contributed by atoms with Crippen LogP contribution < -0.4 is 15.4 Å². The topological polar surface area (TPSA) is 143 Å². The first-order chi connectivity index (χ1) is 17.2. The van der Waals surface area contributed by atoms with Gasteiger partial charge in [0.2, 0.25) is 0 Å². The van der Waals surface area contributed by atoms with Crippen LogP contribution in [0.25, 0.3) is 0 Å². The maximum atomic E-state index is 13.5. The van der Waals surface area contributed by atoms with E-state index in [2.05, 4.69) is 0 Å². The summed E-state index contributed by atoms with van der Waals surface area (Å²) in [6, 6.07) is 13.4. The molecule has 3 rings (SSSR count). The summed E-state index contributed by atoms with van der Waals surface area (Å²) < 4.78 is 11.1. The Morgan fingerprint density at radius 1 is 1.14 bits per heavy atom. The van der Waals surface area contributed by atoms with Crippen molar-refractivity contribution < 1.29 is 33.4 Å². The first-order valence-corrected chi connectivity index (χ1v) is 12.0. The molecular formula is C26H33N4O6+. The Morgan fingerprint density at radius 3 is 2.39 bits per heavy atom. The van der Waals surface area contributed by atoms with Gasteiger partial charge in [-0.05, 0) is 55.3 Å². The molecule has 1 atom stereocenters. The highest BCUT2D eigenvalue weighted by Crippen LogP contribution is 2.24. The molecule has 1 heterocycles. The molecule has 0 aromatic heterocycles. The van der Waals surface area contributed by atoms with Crippen molar-refractivity contribution in [1.29, 1.82) is 5.41 Å². The summed E-state index contributed by atoms with van der Waals surface area (Å²) >= 11 is 0. The van der Waals surface area contributed by atoms with Gasteiger partial charge in [-0.2, -0.15) is 0 Å². The zero-order valence-corrected chi connectivity index (χ0v) is 20.6. The average Bonchev–Trinajstić information content (AvgIpc) is 3.22. The number of nitrogen functional groups attached to an aromatic ring is 1. The van der Waals surface area contributed by atoms with E-state index in [9.17, 15) is 19.5 Å². The maximum absolute atomic E-state index is 13.5. The van der Waals surface area contributed by atoms with Gasteiger partial charge in [-0.3, -0.25) is 10.3 Å². The highest BCUT2D eigenvalue weighted by Gasteiger charge is 2.38. The number of carbonyl (C=O) groups is 3. The number of rotatable bonds is 12. The Kier molecular flexibility index (Phi) is 8.65. The molecule has 1 aliphatic heterocycles. The lowest BCUT2D eigenvalue weighted by molar-refractivity contribution is -0.842. The number of quaternary nitrogens is 1. The molecule has 1 aliphatic rings. The molecule has 0 radical (unpaired) electrons. The van der Waals surface area contributed by atoms with E-state index in [4.69, 9.17) is 20.6 Å². The number of carbonyl (C=O) groups excluding carboxylic acids is 2. The van der Waals surface area contributed by atoms with Crippen molar-refractivity contribution in [3.63, 3.8) is 0 Å². The maximum Gasteiger partial charge on any atom is 0.414 e. The fraction of sp³-hybridized carbons (Fsp3) is 0.385. The Hall–Kier alpha value is -3.92. The summed E-state index contributed by atoms with van der Waals surface area (Å²) in [6.07, 6.45) is 0.330. The molecule has 0 aliphatic carbocycles. The minimum atomic E-state index is -1.01. The van der Waals surface area contributed by atoms with E-state index in [0.717, 1.165) is 0 Å². The summed E-state index contributed by atoms with van der Waals surface area (Å²) in [5.41, 5.74) is 7.04. The van der Waals surface area contributed by atoms with Crippen molar-refractivity contribution in [2.75, 3.05) is 37.7 Å². The average molecular weight is 498 g/mol. The molecule has 2 amide bonds. The van der Waals surface area contributed by atoms with Crippen LogP contribution in [0.15, 0.2) is 48.5 Å². The predicted molar refractivity (Wildman–Crippen MR) is 134 cm³/mol. The minimum absolute atomic E-state index is 0.0547. The van der Waals surface area contributed by atoms with Gasteiger partial charge in [0.05, 0.1) is 25.2 Å². The lowest BCUT2D eigenvalue weighted by atomic mass is 10.1. The number of carboxylic acids is 1. The largest absolute Gasteiger partial charge is 0.490 e. The molecule has 0 bridgehead atoms. The molecule has 0 saturated carbocycles. The van der Waals surface area contributed by atoms with Gasteiger partial charge in [-0.25, -0.2) is 18.9 Å². The summed E-state index contributed by atoms with van der Waals surface area (Å²) in [4.78, 5) is 38.9. The van der Waals surface area contributed by atoms with Gasteiger partial charge in [0, 0.05) is 11.3 Å². The molecule has 2 aromatic rings. The van der Waals surface area contributed by atoms with Crippen molar-refractivity contribution >= 4 is 29.5 Å². The van der Waals surface area contributed by atoms with Crippen LogP contribution in [-0.4, -0.2) is 72.3 Å². The Bertz CT molecular complexity index is 1110. The zero-order chi connectivity index (χ0) is 26.3. The van der Waals surface area contributed by atoms with Crippen LogP contribution in [0.3, 0.4) is 0 Å². The van der Waals surface area contributed by atoms with Crippen molar-refractivity contribution in [2.24, 2.45) is 5.73 Å². The highest BCUT2D eigenvalue weighted by molar-refractivity contribution is 5.96. The van der Waals surface area contributed by atoms with Crippen LogP contribution in [0.5, 0.6) is 5.75 Å². The van der Waals surface area contributed by atoms with E-state index in [1.807, 2.05) is 13.8 Å². The minimum Gasteiger partial charge on any atom is -0.490 e. The van der Waals surface area contributed by atoms with Gasteiger partial charge in [0.15, 0.2) is 12.6 Å². The van der Waals surface area contributed by atoms with Gasteiger partial charge in [-0.1, -0.05) is 19.9 Å². The molecule has 1 saturated heterocycles. The molecule has 4 N–H and O–H groups in total. The number of cyclic esters (lactones) is 1. The number of hydrogen-bond donors (Lipinski definition) is 3. The number of hydrogen-bond acceptors (Lipinski definition) is 6. The quantitative estimate of drug-likeness (QED) is 0.232. The first kappa shape index (κ1) is 26.7. The molecule has 1 unspecified atom stereocenters. The van der Waals surface area contributed by atoms with Gasteiger partial charge in [-0.15, -0.1) is 0 Å². The molecule has 1 fully saturated rings. The van der Waals surface area contributed by atoms with Crippen molar-refractivity contribution in [3.8, 4) is 5.75 Å². The zero-order valence-electron chi connectivity index (χ0n) is 20.6. The number of amides is 2. The predicted octanol–water partition coefficient (Wildman–Crippen LogP) is 3.24. The third-order valence-corrected chi connectivity index (χ3v) is 6.05. The second-order valence-corrected chi connectivity index (χ2v) is 8.87. The van der Waals surface area contributed by atoms with Crippen molar-refractivity contribution in [2.45, 2.75) is 32.8 Å². The Labute approximate surface area is 210 Å². The van der Waals surface area contributed by atoms with Crippen LogP contribution in [0.2, 0.25) is 0 Å². The monoisotopic (exact) mass is 497 g/mol. The Morgan fingerprint density at radius 2 is 1.81 bits per heavy atom. The van der Waals surface area contributed by atoms with Gasteiger partial charge in [0.1, 0.15) is 18.2 Å². The number of carboxylic acid groups (broad SMARTS) is 1. The van der Waals surface area contributed by atoms with E-state index >= 15 is 0 Å². The van der Waals surface area contributed by atoms with Crippen LogP contribution in [0, 0.1) is 5.41 Å². The normalized spacial score (nSPS) is 15.4. The molecule has 192 valence electrons. The second kappa shape index (κ2) is 11.7. The number of aliphatic carboxylic acids is 1. The first-order valence-electron chi connectivity index (χ1n) is 12.0. The summed E-state index contributed by atoms with van der Waals surface area (Å²) in [5.74, 6) is -0.885. The molecule has 36 heavy (non-hydrogen) atoms. The molecule has 10 heteroatoms. The lowest BCUT2D eigenvalue weighted by Gasteiger charge is -2.34. The number of amidine groups is 1.